The molecule has 1 aromatic carbocycles. The normalized spacial score (nSPS) is 12.7. The first-order valence-electron chi connectivity index (χ1n) is 5.29. The van der Waals surface area contributed by atoms with Crippen molar-refractivity contribution >= 4 is 27.3 Å². The first-order chi connectivity index (χ1) is 8.49. The summed E-state index contributed by atoms with van der Waals surface area (Å²) in [5.41, 5.74) is 7.41. The van der Waals surface area contributed by atoms with Crippen LogP contribution in [-0.2, 0) is 6.42 Å². The Morgan fingerprint density at radius 2 is 2.17 bits per heavy atom. The van der Waals surface area contributed by atoms with Gasteiger partial charge in [0.15, 0.2) is 11.6 Å². The zero-order valence-electron chi connectivity index (χ0n) is 9.58. The molecule has 0 radical (unpaired) electrons. The molecule has 1 unspecified atom stereocenters. The average Bonchev–Trinajstić information content (AvgIpc) is 2.71. The Hall–Kier alpha value is -0.850. The van der Waals surface area contributed by atoms with Gasteiger partial charge in [0.05, 0.1) is 15.2 Å². The van der Waals surface area contributed by atoms with E-state index in [1.807, 2.05) is 12.3 Å². The Bertz CT molecular complexity index is 571. The summed E-state index contributed by atoms with van der Waals surface area (Å²) in [4.78, 5) is 4.30. The molecule has 2 rings (SSSR count). The van der Waals surface area contributed by atoms with Crippen LogP contribution in [0, 0.1) is 18.6 Å². The van der Waals surface area contributed by atoms with Crippen LogP contribution in [0.4, 0.5) is 8.78 Å². The largest absolute Gasteiger partial charge is 0.324 e. The summed E-state index contributed by atoms with van der Waals surface area (Å²) in [6, 6.07) is 2.16. The molecule has 18 heavy (non-hydrogen) atoms. The summed E-state index contributed by atoms with van der Waals surface area (Å²) < 4.78 is 26.5. The second-order valence-electron chi connectivity index (χ2n) is 3.93. The molecule has 0 saturated carbocycles. The molecule has 96 valence electrons. The van der Waals surface area contributed by atoms with E-state index in [0.29, 0.717) is 12.0 Å². The van der Waals surface area contributed by atoms with E-state index in [1.54, 1.807) is 0 Å². The topological polar surface area (TPSA) is 38.9 Å². The molecule has 0 aliphatic rings. The van der Waals surface area contributed by atoms with Gasteiger partial charge in [-0.3, -0.25) is 0 Å². The summed E-state index contributed by atoms with van der Waals surface area (Å²) in [7, 11) is 0. The van der Waals surface area contributed by atoms with Crippen LogP contribution in [0.25, 0.3) is 0 Å². The minimum Gasteiger partial charge on any atom is -0.324 e. The fraction of sp³-hybridized carbons (Fsp3) is 0.250. The van der Waals surface area contributed by atoms with Crippen LogP contribution in [0.3, 0.4) is 0 Å². The van der Waals surface area contributed by atoms with Gasteiger partial charge in [0.25, 0.3) is 0 Å². The minimum absolute atomic E-state index is 0.0851. The van der Waals surface area contributed by atoms with Gasteiger partial charge in [-0.1, -0.05) is 6.07 Å². The molecule has 0 spiro atoms. The van der Waals surface area contributed by atoms with Crippen molar-refractivity contribution in [2.45, 2.75) is 19.4 Å². The fourth-order valence-electron chi connectivity index (χ4n) is 1.66. The zero-order chi connectivity index (χ0) is 13.3. The number of nitrogens with zero attached hydrogens (tertiary/aromatic N) is 1. The van der Waals surface area contributed by atoms with Crippen LogP contribution in [0.2, 0.25) is 0 Å². The number of benzene rings is 1. The summed E-state index contributed by atoms with van der Waals surface area (Å²) >= 11 is 4.58. The van der Waals surface area contributed by atoms with E-state index >= 15 is 0 Å². The molecule has 2 nitrogen and oxygen atoms in total. The first-order valence-corrected chi connectivity index (χ1v) is 6.96. The van der Waals surface area contributed by atoms with Gasteiger partial charge in [0.1, 0.15) is 0 Å². The lowest BCUT2D eigenvalue weighted by Gasteiger charge is -2.13. The minimum atomic E-state index is -0.905. The van der Waals surface area contributed by atoms with E-state index < -0.39 is 17.7 Å². The van der Waals surface area contributed by atoms with Crippen molar-refractivity contribution in [2.24, 2.45) is 5.73 Å². The maximum Gasteiger partial charge on any atom is 0.173 e. The number of hydrogen-bond acceptors (Lipinski definition) is 3. The number of thiazole rings is 1. The molecule has 0 saturated heterocycles. The number of hydrogen-bond donors (Lipinski definition) is 1. The van der Waals surface area contributed by atoms with Crippen LogP contribution in [-0.4, -0.2) is 4.98 Å². The van der Waals surface area contributed by atoms with Crippen molar-refractivity contribution in [3.63, 3.8) is 0 Å². The van der Waals surface area contributed by atoms with Gasteiger partial charge in [0.2, 0.25) is 0 Å². The maximum atomic E-state index is 13.4. The summed E-state index contributed by atoms with van der Waals surface area (Å²) in [5.74, 6) is -1.79. The third-order valence-corrected chi connectivity index (χ3v) is 4.19. The van der Waals surface area contributed by atoms with Crippen molar-refractivity contribution in [2.75, 3.05) is 0 Å². The Kier molecular flexibility index (Phi) is 4.09. The highest BCUT2D eigenvalue weighted by molar-refractivity contribution is 9.10. The van der Waals surface area contributed by atoms with E-state index in [-0.39, 0.29) is 4.47 Å². The zero-order valence-corrected chi connectivity index (χ0v) is 12.0. The average molecular weight is 333 g/mol. The maximum absolute atomic E-state index is 13.4. The highest BCUT2D eigenvalue weighted by Crippen LogP contribution is 2.28. The molecule has 6 heteroatoms. The standard InChI is InChI=1S/C12H11BrF2N2S/c1-6-17-7(5-18-6)4-10(16)8-2-3-9(14)12(15)11(8)13/h2-3,5,10H,4,16H2,1H3. The molecule has 0 fully saturated rings. The molecule has 0 amide bonds. The number of aromatic nitrogens is 1. The lowest BCUT2D eigenvalue weighted by Crippen LogP contribution is -2.15. The monoisotopic (exact) mass is 332 g/mol. The van der Waals surface area contributed by atoms with E-state index in [0.717, 1.165) is 16.8 Å². The van der Waals surface area contributed by atoms with Gasteiger partial charge >= 0.3 is 0 Å². The van der Waals surface area contributed by atoms with Crippen molar-refractivity contribution in [3.8, 4) is 0 Å². The molecule has 1 heterocycles. The lowest BCUT2D eigenvalue weighted by atomic mass is 10.0. The Morgan fingerprint density at radius 3 is 2.78 bits per heavy atom. The molecular weight excluding hydrogens is 322 g/mol. The van der Waals surface area contributed by atoms with E-state index in [1.165, 1.54) is 17.4 Å². The lowest BCUT2D eigenvalue weighted by molar-refractivity contribution is 0.499. The number of halogens is 3. The third-order valence-electron chi connectivity index (χ3n) is 2.56. The van der Waals surface area contributed by atoms with Crippen molar-refractivity contribution < 1.29 is 8.78 Å². The van der Waals surface area contributed by atoms with Gasteiger partial charge in [-0.25, -0.2) is 13.8 Å². The summed E-state index contributed by atoms with van der Waals surface area (Å²) in [6.07, 6.45) is 0.494. The van der Waals surface area contributed by atoms with E-state index in [9.17, 15) is 8.78 Å². The quantitative estimate of drug-likeness (QED) is 0.869. The number of rotatable bonds is 3. The smallest absolute Gasteiger partial charge is 0.173 e. The van der Waals surface area contributed by atoms with Crippen LogP contribution >= 0.6 is 27.3 Å². The molecule has 2 aromatic rings. The Morgan fingerprint density at radius 1 is 1.44 bits per heavy atom. The van der Waals surface area contributed by atoms with Gasteiger partial charge in [-0.05, 0) is 34.5 Å². The molecule has 1 aromatic heterocycles. The molecular formula is C12H11BrF2N2S. The summed E-state index contributed by atoms with van der Waals surface area (Å²) in [5, 5.41) is 2.88. The highest BCUT2D eigenvalue weighted by atomic mass is 79.9. The molecule has 0 aliphatic carbocycles. The molecule has 1 atom stereocenters. The SMILES string of the molecule is Cc1nc(CC(N)c2ccc(F)c(F)c2Br)cs1. The predicted octanol–water partition coefficient (Wildman–Crippen LogP) is 3.73. The fourth-order valence-corrected chi connectivity index (χ4v) is 2.91. The van der Waals surface area contributed by atoms with Gasteiger partial charge in [-0.2, -0.15) is 0 Å². The van der Waals surface area contributed by atoms with Crippen LogP contribution in [0.1, 0.15) is 22.3 Å². The van der Waals surface area contributed by atoms with Crippen LogP contribution < -0.4 is 5.73 Å². The second kappa shape index (κ2) is 5.42. The molecule has 0 bridgehead atoms. The van der Waals surface area contributed by atoms with Crippen LogP contribution in [0.15, 0.2) is 22.0 Å². The van der Waals surface area contributed by atoms with Crippen LogP contribution in [0.5, 0.6) is 0 Å². The Labute approximate surface area is 116 Å². The summed E-state index contributed by atoms with van der Waals surface area (Å²) in [6.45, 7) is 1.91. The number of nitrogens with two attached hydrogens (primary N) is 1. The Balaban J connectivity index is 2.24. The van der Waals surface area contributed by atoms with E-state index in [4.69, 9.17) is 5.73 Å². The van der Waals surface area contributed by atoms with Crippen molar-refractivity contribution in [1.82, 2.24) is 4.98 Å². The van der Waals surface area contributed by atoms with Crippen molar-refractivity contribution in [1.29, 1.82) is 0 Å². The van der Waals surface area contributed by atoms with E-state index in [2.05, 4.69) is 20.9 Å². The molecule has 2 N–H and O–H groups in total. The van der Waals surface area contributed by atoms with Gasteiger partial charge in [0, 0.05) is 17.8 Å². The third kappa shape index (κ3) is 2.76. The second-order valence-corrected chi connectivity index (χ2v) is 5.79. The first kappa shape index (κ1) is 13.6. The van der Waals surface area contributed by atoms with Crippen molar-refractivity contribution in [3.05, 3.63) is 49.9 Å². The predicted molar refractivity (Wildman–Crippen MR) is 71.5 cm³/mol. The number of aryl methyl sites for hydroxylation is 1. The molecule has 0 aliphatic heterocycles. The van der Waals surface area contributed by atoms with Gasteiger partial charge in [-0.15, -0.1) is 11.3 Å². The highest BCUT2D eigenvalue weighted by Gasteiger charge is 2.17. The van der Waals surface area contributed by atoms with Gasteiger partial charge < -0.3 is 5.73 Å².